The Labute approximate surface area is 96.2 Å². The van der Waals surface area contributed by atoms with Crippen LogP contribution in [-0.2, 0) is 4.79 Å². The molecule has 4 nitrogen and oxygen atoms in total. The van der Waals surface area contributed by atoms with Crippen molar-refractivity contribution in [2.75, 3.05) is 24.1 Å². The van der Waals surface area contributed by atoms with Crippen molar-refractivity contribution in [2.45, 2.75) is 20.3 Å². The molecule has 0 bridgehead atoms. The molecule has 0 fully saturated rings. The molecule has 0 saturated heterocycles. The number of nitrogen functional groups attached to an aromatic ring is 1. The van der Waals surface area contributed by atoms with Gasteiger partial charge in [-0.3, -0.25) is 4.79 Å². The SMILES string of the molecule is CCNC(=O)CCNc1cc(C)cc(N)c1. The first kappa shape index (κ1) is 12.4. The van der Waals surface area contributed by atoms with E-state index in [0.29, 0.717) is 19.5 Å². The van der Waals surface area contributed by atoms with Gasteiger partial charge >= 0.3 is 0 Å². The summed E-state index contributed by atoms with van der Waals surface area (Å²) in [5.74, 6) is 0.0654. The zero-order valence-corrected chi connectivity index (χ0v) is 9.84. The summed E-state index contributed by atoms with van der Waals surface area (Å²) in [5.41, 5.74) is 8.53. The number of hydrogen-bond acceptors (Lipinski definition) is 3. The Morgan fingerprint density at radius 2 is 2.12 bits per heavy atom. The zero-order valence-electron chi connectivity index (χ0n) is 9.84. The highest BCUT2D eigenvalue weighted by Gasteiger charge is 1.99. The molecule has 4 heteroatoms. The monoisotopic (exact) mass is 221 g/mol. The van der Waals surface area contributed by atoms with Crippen molar-refractivity contribution in [3.8, 4) is 0 Å². The van der Waals surface area contributed by atoms with Gasteiger partial charge < -0.3 is 16.4 Å². The number of nitrogens with one attached hydrogen (secondary N) is 2. The fourth-order valence-electron chi connectivity index (χ4n) is 1.52. The van der Waals surface area contributed by atoms with E-state index in [0.717, 1.165) is 16.9 Å². The number of rotatable bonds is 5. The molecule has 4 N–H and O–H groups in total. The van der Waals surface area contributed by atoms with Gasteiger partial charge in [-0.1, -0.05) is 0 Å². The lowest BCUT2D eigenvalue weighted by atomic mass is 10.2. The molecule has 0 aliphatic carbocycles. The second-order valence-electron chi connectivity index (χ2n) is 3.76. The molecule has 1 amide bonds. The van der Waals surface area contributed by atoms with Crippen LogP contribution in [0.1, 0.15) is 18.9 Å². The van der Waals surface area contributed by atoms with E-state index in [-0.39, 0.29) is 5.91 Å². The second kappa shape index (κ2) is 6.00. The zero-order chi connectivity index (χ0) is 12.0. The quantitative estimate of drug-likeness (QED) is 0.660. The smallest absolute Gasteiger partial charge is 0.221 e. The Balaban J connectivity index is 2.40. The third kappa shape index (κ3) is 4.21. The van der Waals surface area contributed by atoms with E-state index >= 15 is 0 Å². The number of anilines is 2. The summed E-state index contributed by atoms with van der Waals surface area (Å²) >= 11 is 0. The van der Waals surface area contributed by atoms with Gasteiger partial charge in [0.05, 0.1) is 0 Å². The van der Waals surface area contributed by atoms with Crippen LogP contribution >= 0.6 is 0 Å². The average Bonchev–Trinajstić information content (AvgIpc) is 2.16. The molecular weight excluding hydrogens is 202 g/mol. The van der Waals surface area contributed by atoms with Crippen molar-refractivity contribution in [1.29, 1.82) is 0 Å². The van der Waals surface area contributed by atoms with Gasteiger partial charge in [-0.2, -0.15) is 0 Å². The summed E-state index contributed by atoms with van der Waals surface area (Å²) in [5, 5.41) is 5.93. The van der Waals surface area contributed by atoms with Gasteiger partial charge in [0.15, 0.2) is 0 Å². The van der Waals surface area contributed by atoms with Crippen LogP contribution in [0.3, 0.4) is 0 Å². The van der Waals surface area contributed by atoms with Gasteiger partial charge in [0.2, 0.25) is 5.91 Å². The molecule has 1 rings (SSSR count). The van der Waals surface area contributed by atoms with Crippen molar-refractivity contribution in [1.82, 2.24) is 5.32 Å². The molecule has 1 aromatic rings. The Kier molecular flexibility index (Phi) is 4.64. The molecule has 0 unspecified atom stereocenters. The molecule has 0 atom stereocenters. The molecule has 0 aliphatic rings. The number of amides is 1. The molecular formula is C12H19N3O. The lowest BCUT2D eigenvalue weighted by Crippen LogP contribution is -2.24. The Bertz CT molecular complexity index is 343. The summed E-state index contributed by atoms with van der Waals surface area (Å²) in [6, 6.07) is 5.79. The van der Waals surface area contributed by atoms with Crippen LogP contribution < -0.4 is 16.4 Å². The highest BCUT2D eigenvalue weighted by Crippen LogP contribution is 2.15. The summed E-state index contributed by atoms with van der Waals surface area (Å²) in [4.78, 5) is 11.2. The largest absolute Gasteiger partial charge is 0.399 e. The molecule has 0 aromatic heterocycles. The number of aryl methyl sites for hydroxylation is 1. The third-order valence-corrected chi connectivity index (χ3v) is 2.15. The molecule has 0 spiro atoms. The van der Waals surface area contributed by atoms with Crippen LogP contribution in [0.2, 0.25) is 0 Å². The van der Waals surface area contributed by atoms with E-state index in [1.165, 1.54) is 0 Å². The highest BCUT2D eigenvalue weighted by molar-refractivity contribution is 5.76. The maximum atomic E-state index is 11.2. The fraction of sp³-hybridized carbons (Fsp3) is 0.417. The van der Waals surface area contributed by atoms with Crippen molar-refractivity contribution >= 4 is 17.3 Å². The van der Waals surface area contributed by atoms with E-state index < -0.39 is 0 Å². The van der Waals surface area contributed by atoms with Gasteiger partial charge in [-0.25, -0.2) is 0 Å². The van der Waals surface area contributed by atoms with E-state index in [4.69, 9.17) is 5.73 Å². The maximum absolute atomic E-state index is 11.2. The summed E-state index contributed by atoms with van der Waals surface area (Å²) in [7, 11) is 0. The van der Waals surface area contributed by atoms with Gasteiger partial charge in [-0.15, -0.1) is 0 Å². The topological polar surface area (TPSA) is 67.2 Å². The fourth-order valence-corrected chi connectivity index (χ4v) is 1.52. The normalized spacial score (nSPS) is 9.88. The Morgan fingerprint density at radius 3 is 2.75 bits per heavy atom. The van der Waals surface area contributed by atoms with Gasteiger partial charge in [0.1, 0.15) is 0 Å². The molecule has 16 heavy (non-hydrogen) atoms. The Hall–Kier alpha value is -1.71. The number of nitrogens with two attached hydrogens (primary N) is 1. The minimum Gasteiger partial charge on any atom is -0.399 e. The lowest BCUT2D eigenvalue weighted by molar-refractivity contribution is -0.120. The summed E-state index contributed by atoms with van der Waals surface area (Å²) < 4.78 is 0. The predicted molar refractivity (Wildman–Crippen MR) is 67.4 cm³/mol. The third-order valence-electron chi connectivity index (χ3n) is 2.15. The first-order chi connectivity index (χ1) is 7.61. The molecule has 0 radical (unpaired) electrons. The van der Waals surface area contributed by atoms with Crippen molar-refractivity contribution in [3.63, 3.8) is 0 Å². The summed E-state index contributed by atoms with van der Waals surface area (Å²) in [6.45, 7) is 5.20. The van der Waals surface area contributed by atoms with E-state index in [1.807, 2.05) is 32.0 Å². The van der Waals surface area contributed by atoms with Crippen LogP contribution in [0.4, 0.5) is 11.4 Å². The molecule has 0 saturated carbocycles. The lowest BCUT2D eigenvalue weighted by Gasteiger charge is -2.08. The first-order valence-corrected chi connectivity index (χ1v) is 5.49. The number of carbonyl (C=O) groups is 1. The van der Waals surface area contributed by atoms with E-state index in [1.54, 1.807) is 0 Å². The van der Waals surface area contributed by atoms with Crippen molar-refractivity contribution in [3.05, 3.63) is 23.8 Å². The average molecular weight is 221 g/mol. The predicted octanol–water partition coefficient (Wildman–Crippen LogP) is 1.52. The first-order valence-electron chi connectivity index (χ1n) is 5.49. The molecule has 0 heterocycles. The van der Waals surface area contributed by atoms with E-state index in [2.05, 4.69) is 10.6 Å². The van der Waals surface area contributed by atoms with Crippen LogP contribution in [0.5, 0.6) is 0 Å². The van der Waals surface area contributed by atoms with E-state index in [9.17, 15) is 4.79 Å². The van der Waals surface area contributed by atoms with Crippen LogP contribution in [0, 0.1) is 6.92 Å². The number of benzene rings is 1. The minimum absolute atomic E-state index is 0.0654. The number of hydrogen-bond donors (Lipinski definition) is 3. The van der Waals surface area contributed by atoms with Crippen LogP contribution in [-0.4, -0.2) is 19.0 Å². The summed E-state index contributed by atoms with van der Waals surface area (Å²) in [6.07, 6.45) is 0.474. The molecule has 1 aromatic carbocycles. The molecule has 88 valence electrons. The van der Waals surface area contributed by atoms with Gasteiger partial charge in [0.25, 0.3) is 0 Å². The van der Waals surface area contributed by atoms with Crippen molar-refractivity contribution in [2.24, 2.45) is 0 Å². The maximum Gasteiger partial charge on any atom is 0.221 e. The Morgan fingerprint density at radius 1 is 1.38 bits per heavy atom. The number of carbonyl (C=O) groups excluding carboxylic acids is 1. The van der Waals surface area contributed by atoms with Gasteiger partial charge in [0, 0.05) is 30.9 Å². The minimum atomic E-state index is 0.0654. The van der Waals surface area contributed by atoms with Gasteiger partial charge in [-0.05, 0) is 37.6 Å². The van der Waals surface area contributed by atoms with Crippen molar-refractivity contribution < 1.29 is 4.79 Å². The standard InChI is InChI=1S/C12H19N3O/c1-3-14-12(16)4-5-15-11-7-9(2)6-10(13)8-11/h6-8,15H,3-5,13H2,1-2H3,(H,14,16). The highest BCUT2D eigenvalue weighted by atomic mass is 16.1. The van der Waals surface area contributed by atoms with Crippen LogP contribution in [0.25, 0.3) is 0 Å². The molecule has 0 aliphatic heterocycles. The second-order valence-corrected chi connectivity index (χ2v) is 3.76. The van der Waals surface area contributed by atoms with Crippen LogP contribution in [0.15, 0.2) is 18.2 Å².